The molecule has 192 valence electrons. The quantitative estimate of drug-likeness (QED) is 0.496. The van der Waals surface area contributed by atoms with E-state index in [0.717, 1.165) is 11.6 Å². The van der Waals surface area contributed by atoms with Crippen molar-refractivity contribution in [3.8, 4) is 6.07 Å². The van der Waals surface area contributed by atoms with Gasteiger partial charge in [-0.3, -0.25) is 0 Å². The van der Waals surface area contributed by atoms with Gasteiger partial charge >= 0.3 is 0 Å². The second-order valence-electron chi connectivity index (χ2n) is 11.0. The Kier molecular flexibility index (Phi) is 7.27. The molecule has 0 radical (unpaired) electrons. The Labute approximate surface area is 210 Å². The molecule has 0 atom stereocenters. The Balaban J connectivity index is 0.000000205. The van der Waals surface area contributed by atoms with Crippen molar-refractivity contribution in [2.24, 2.45) is 9.98 Å². The Morgan fingerprint density at radius 1 is 0.806 bits per heavy atom. The Bertz CT molecular complexity index is 1240. The minimum Gasteiger partial charge on any atom is -0.475 e. The highest BCUT2D eigenvalue weighted by Gasteiger charge is 2.31. The number of ether oxygens (including phenoxy) is 2. The fraction of sp³-hybridized carbons (Fsp3) is 0.464. The molecule has 2 aliphatic rings. The third-order valence-corrected chi connectivity index (χ3v) is 5.90. The molecule has 2 aromatic carbocycles. The van der Waals surface area contributed by atoms with Crippen molar-refractivity contribution in [3.05, 3.63) is 69.5 Å². The predicted octanol–water partition coefficient (Wildman–Crippen LogP) is 6.32. The van der Waals surface area contributed by atoms with Gasteiger partial charge in [-0.15, -0.1) is 0 Å². The molecule has 8 heteroatoms. The van der Waals surface area contributed by atoms with E-state index in [0.29, 0.717) is 35.8 Å². The summed E-state index contributed by atoms with van der Waals surface area (Å²) in [6, 6.07) is 7.54. The SMILES string of the molecule is Cc1cc(C(C)(C)C#N)cc(F)c1C1=NC(C)(C)CO1.Cc1cc(F)cc(F)c1C1=NC(C)(C)CO1. The minimum atomic E-state index is -0.720. The number of benzene rings is 2. The van der Waals surface area contributed by atoms with Gasteiger partial charge in [-0.25, -0.2) is 23.2 Å². The normalized spacial score (nSPS) is 17.7. The van der Waals surface area contributed by atoms with E-state index in [1.807, 2.05) is 40.7 Å². The van der Waals surface area contributed by atoms with Crippen LogP contribution in [0.25, 0.3) is 0 Å². The highest BCUT2D eigenvalue weighted by Crippen LogP contribution is 2.29. The summed E-state index contributed by atoms with van der Waals surface area (Å²) in [5, 5.41) is 9.16. The average molecular weight is 500 g/mol. The number of aliphatic imine (C=N–C) groups is 2. The van der Waals surface area contributed by atoms with Crippen LogP contribution in [-0.4, -0.2) is 36.1 Å². The summed E-state index contributed by atoms with van der Waals surface area (Å²) < 4.78 is 51.8. The first kappa shape index (κ1) is 27.3. The second-order valence-corrected chi connectivity index (χ2v) is 11.0. The zero-order valence-electron chi connectivity index (χ0n) is 22.0. The lowest BCUT2D eigenvalue weighted by atomic mass is 9.84. The highest BCUT2D eigenvalue weighted by atomic mass is 19.1. The van der Waals surface area contributed by atoms with Crippen LogP contribution in [0.3, 0.4) is 0 Å². The van der Waals surface area contributed by atoms with Crippen molar-refractivity contribution in [2.45, 2.75) is 71.9 Å². The molecule has 0 N–H and O–H groups in total. The Morgan fingerprint density at radius 3 is 1.61 bits per heavy atom. The van der Waals surface area contributed by atoms with Gasteiger partial charge in [-0.2, -0.15) is 5.26 Å². The molecule has 2 aliphatic heterocycles. The second kappa shape index (κ2) is 9.61. The topological polar surface area (TPSA) is 67.0 Å². The molecule has 2 aromatic rings. The maximum atomic E-state index is 14.4. The zero-order chi connectivity index (χ0) is 27.1. The first-order valence-corrected chi connectivity index (χ1v) is 11.7. The molecule has 0 fully saturated rings. The van der Waals surface area contributed by atoms with Crippen molar-refractivity contribution in [2.75, 3.05) is 13.2 Å². The lowest BCUT2D eigenvalue weighted by Crippen LogP contribution is -2.17. The van der Waals surface area contributed by atoms with Crippen LogP contribution in [0.2, 0.25) is 0 Å². The smallest absolute Gasteiger partial charge is 0.220 e. The summed E-state index contributed by atoms with van der Waals surface area (Å²) in [5.74, 6) is -0.989. The van der Waals surface area contributed by atoms with Crippen LogP contribution in [0.5, 0.6) is 0 Å². The van der Waals surface area contributed by atoms with Gasteiger partial charge in [-0.1, -0.05) is 6.07 Å². The molecule has 0 unspecified atom stereocenters. The Hall–Kier alpha value is -3.34. The number of nitrogens with zero attached hydrogens (tertiary/aromatic N) is 3. The number of hydrogen-bond acceptors (Lipinski definition) is 5. The van der Waals surface area contributed by atoms with Crippen molar-refractivity contribution < 1.29 is 22.6 Å². The van der Waals surface area contributed by atoms with E-state index < -0.39 is 17.0 Å². The number of aryl methyl sites for hydroxylation is 2. The molecule has 0 bridgehead atoms. The van der Waals surface area contributed by atoms with Gasteiger partial charge in [0.25, 0.3) is 0 Å². The largest absolute Gasteiger partial charge is 0.475 e. The summed E-state index contributed by atoms with van der Waals surface area (Å²) >= 11 is 0. The molecule has 0 aromatic heterocycles. The predicted molar refractivity (Wildman–Crippen MR) is 134 cm³/mol. The fourth-order valence-corrected chi connectivity index (χ4v) is 3.84. The first-order chi connectivity index (χ1) is 16.5. The molecule has 0 amide bonds. The van der Waals surface area contributed by atoms with Gasteiger partial charge in [0.05, 0.1) is 33.7 Å². The molecule has 0 aliphatic carbocycles. The van der Waals surface area contributed by atoms with Gasteiger partial charge in [0.15, 0.2) is 0 Å². The van der Waals surface area contributed by atoms with Crippen molar-refractivity contribution in [1.82, 2.24) is 0 Å². The van der Waals surface area contributed by atoms with E-state index in [4.69, 9.17) is 14.7 Å². The van der Waals surface area contributed by atoms with Gasteiger partial charge in [-0.05, 0) is 84.2 Å². The molecule has 36 heavy (non-hydrogen) atoms. The molecule has 4 rings (SSSR count). The summed E-state index contributed by atoms with van der Waals surface area (Å²) in [6.07, 6.45) is 0. The molecule has 5 nitrogen and oxygen atoms in total. The summed E-state index contributed by atoms with van der Waals surface area (Å²) in [5.41, 5.74) is 1.16. The minimum absolute atomic E-state index is 0.256. The number of rotatable bonds is 3. The molecule has 0 spiro atoms. The monoisotopic (exact) mass is 499 g/mol. The lowest BCUT2D eigenvalue weighted by molar-refractivity contribution is 0.278. The van der Waals surface area contributed by atoms with Crippen LogP contribution in [0.1, 0.15) is 69.4 Å². The van der Waals surface area contributed by atoms with Gasteiger partial charge in [0.1, 0.15) is 30.7 Å². The van der Waals surface area contributed by atoms with Crippen LogP contribution in [-0.2, 0) is 14.9 Å². The van der Waals surface area contributed by atoms with Crippen LogP contribution in [0.15, 0.2) is 34.3 Å². The van der Waals surface area contributed by atoms with Crippen LogP contribution >= 0.6 is 0 Å². The van der Waals surface area contributed by atoms with Gasteiger partial charge < -0.3 is 9.47 Å². The van der Waals surface area contributed by atoms with Crippen LogP contribution < -0.4 is 0 Å². The summed E-state index contributed by atoms with van der Waals surface area (Å²) in [4.78, 5) is 8.69. The van der Waals surface area contributed by atoms with Crippen molar-refractivity contribution in [1.29, 1.82) is 5.26 Å². The highest BCUT2D eigenvalue weighted by molar-refractivity contribution is 5.97. The van der Waals surface area contributed by atoms with Gasteiger partial charge in [0.2, 0.25) is 11.8 Å². The number of halogens is 3. The first-order valence-electron chi connectivity index (χ1n) is 11.7. The van der Waals surface area contributed by atoms with E-state index >= 15 is 0 Å². The number of nitriles is 1. The summed E-state index contributed by atoms with van der Waals surface area (Å²) in [6.45, 7) is 15.5. The zero-order valence-corrected chi connectivity index (χ0v) is 22.0. The Morgan fingerprint density at radius 2 is 1.25 bits per heavy atom. The van der Waals surface area contributed by atoms with E-state index in [2.05, 4.69) is 16.1 Å². The average Bonchev–Trinajstić information content (AvgIpc) is 3.28. The maximum Gasteiger partial charge on any atom is 0.220 e. The molecular formula is C28H32F3N3O2. The lowest BCUT2D eigenvalue weighted by Gasteiger charge is -2.18. The fourth-order valence-electron chi connectivity index (χ4n) is 3.84. The standard InChI is InChI=1S/C16H19FN2O.C12H13F2NO/c1-10-6-11(15(2,3)8-18)7-12(17)13(10)14-19-16(4,5)9-20-14;1-7-4-8(13)5-9(14)10(7)11-15-12(2,3)6-16-11/h6-7H,9H2,1-5H3;4-5H,6H2,1-3H3. The van der Waals surface area contributed by atoms with Crippen molar-refractivity contribution >= 4 is 11.8 Å². The third-order valence-electron chi connectivity index (χ3n) is 5.90. The molecule has 0 saturated heterocycles. The van der Waals surface area contributed by atoms with Crippen LogP contribution in [0, 0.1) is 42.6 Å². The van der Waals surface area contributed by atoms with Crippen molar-refractivity contribution in [3.63, 3.8) is 0 Å². The van der Waals surface area contributed by atoms with E-state index in [9.17, 15) is 13.2 Å². The van der Waals surface area contributed by atoms with E-state index in [1.54, 1.807) is 20.8 Å². The third kappa shape index (κ3) is 5.89. The molecule has 2 heterocycles. The maximum absolute atomic E-state index is 14.4. The van der Waals surface area contributed by atoms with Gasteiger partial charge in [0, 0.05) is 6.07 Å². The van der Waals surface area contributed by atoms with E-state index in [1.165, 1.54) is 12.1 Å². The van der Waals surface area contributed by atoms with Crippen LogP contribution in [0.4, 0.5) is 13.2 Å². The number of hydrogen-bond donors (Lipinski definition) is 0. The summed E-state index contributed by atoms with van der Waals surface area (Å²) in [7, 11) is 0. The molecular weight excluding hydrogens is 467 g/mol. The van der Waals surface area contributed by atoms with E-state index in [-0.39, 0.29) is 28.4 Å². The molecule has 0 saturated carbocycles.